The van der Waals surface area contributed by atoms with Gasteiger partial charge in [-0.15, -0.1) is 11.8 Å². The van der Waals surface area contributed by atoms with Crippen molar-refractivity contribution >= 4 is 52.4 Å². The third-order valence-electron chi connectivity index (χ3n) is 6.03. The van der Waals surface area contributed by atoms with Crippen LogP contribution in [-0.4, -0.2) is 40.5 Å². The van der Waals surface area contributed by atoms with E-state index >= 15 is 0 Å². The third-order valence-corrected chi connectivity index (χ3v) is 7.47. The topological polar surface area (TPSA) is 136 Å². The number of aryl methyl sites for hydroxylation is 1. The van der Waals surface area contributed by atoms with E-state index in [0.717, 1.165) is 16.7 Å². The highest BCUT2D eigenvalue weighted by atomic mass is 35.5. The van der Waals surface area contributed by atoms with Crippen molar-refractivity contribution in [3.63, 3.8) is 0 Å². The Labute approximate surface area is 214 Å². The fourth-order valence-corrected chi connectivity index (χ4v) is 4.94. The SMILES string of the molecule is C=C(S/C=C(\C)CC(N)C(C)=O)[C@]1(C)C(=O)Nc2nc(/C(=N/C)c3ccc(Cl)cc3C)nc(N)c21. The maximum atomic E-state index is 13.1. The molecule has 3 rings (SSSR count). The minimum Gasteiger partial charge on any atom is -0.383 e. The van der Waals surface area contributed by atoms with Gasteiger partial charge in [0.25, 0.3) is 0 Å². The van der Waals surface area contributed by atoms with Crippen molar-refractivity contribution in [1.29, 1.82) is 0 Å². The normalized spacial score (nSPS) is 18.8. The minimum atomic E-state index is -1.15. The third kappa shape index (κ3) is 5.17. The summed E-state index contributed by atoms with van der Waals surface area (Å²) in [6.07, 6.45) is 0.424. The number of hydrogen-bond acceptors (Lipinski definition) is 8. The number of nitrogens with one attached hydrogen (secondary N) is 1. The maximum Gasteiger partial charge on any atom is 0.241 e. The Hall–Kier alpha value is -3.01. The van der Waals surface area contributed by atoms with Crippen LogP contribution >= 0.6 is 23.4 Å². The molecule has 0 saturated heterocycles. The Kier molecular flexibility index (Phi) is 7.83. The van der Waals surface area contributed by atoms with E-state index in [-0.39, 0.29) is 17.5 Å². The number of ketones is 1. The first-order valence-corrected chi connectivity index (χ1v) is 12.2. The predicted molar refractivity (Wildman–Crippen MR) is 144 cm³/mol. The summed E-state index contributed by atoms with van der Waals surface area (Å²) < 4.78 is 0. The van der Waals surface area contributed by atoms with Gasteiger partial charge < -0.3 is 16.8 Å². The number of rotatable bonds is 8. The molecule has 1 aliphatic rings. The number of nitrogens with zero attached hydrogens (tertiary/aromatic N) is 3. The molecule has 0 radical (unpaired) electrons. The number of aliphatic imine (C=N–C) groups is 1. The zero-order chi connectivity index (χ0) is 26.1. The predicted octanol–water partition coefficient (Wildman–Crippen LogP) is 4.15. The number of carbonyl (C=O) groups is 2. The van der Waals surface area contributed by atoms with Crippen LogP contribution < -0.4 is 16.8 Å². The van der Waals surface area contributed by atoms with Crippen molar-refractivity contribution in [3.8, 4) is 0 Å². The van der Waals surface area contributed by atoms with Gasteiger partial charge in [-0.2, -0.15) is 0 Å². The highest BCUT2D eigenvalue weighted by Gasteiger charge is 2.48. The van der Waals surface area contributed by atoms with Crippen LogP contribution in [0.15, 0.2) is 45.7 Å². The van der Waals surface area contributed by atoms with Gasteiger partial charge in [-0.05, 0) is 57.2 Å². The van der Waals surface area contributed by atoms with E-state index in [0.29, 0.717) is 39.3 Å². The number of nitrogen functional groups attached to an aromatic ring is 1. The van der Waals surface area contributed by atoms with Crippen molar-refractivity contribution in [1.82, 2.24) is 9.97 Å². The fourth-order valence-electron chi connectivity index (χ4n) is 3.84. The molecule has 1 amide bonds. The number of Topliss-reactive ketones (excluding diaryl/α,β-unsaturated/α-hetero) is 1. The lowest BCUT2D eigenvalue weighted by Crippen LogP contribution is -2.32. The van der Waals surface area contributed by atoms with Gasteiger partial charge in [-0.1, -0.05) is 29.8 Å². The highest BCUT2D eigenvalue weighted by Crippen LogP contribution is 2.48. The minimum absolute atomic E-state index is 0.0813. The van der Waals surface area contributed by atoms with E-state index in [4.69, 9.17) is 23.1 Å². The first-order chi connectivity index (χ1) is 16.4. The Morgan fingerprint density at radius 3 is 2.66 bits per heavy atom. The van der Waals surface area contributed by atoms with Crippen LogP contribution in [-0.2, 0) is 15.0 Å². The molecule has 5 N–H and O–H groups in total. The molecule has 0 saturated carbocycles. The van der Waals surface area contributed by atoms with Gasteiger partial charge in [0.1, 0.15) is 28.5 Å². The monoisotopic (exact) mass is 512 g/mol. The quantitative estimate of drug-likeness (QED) is 0.452. The molecule has 1 aromatic heterocycles. The summed E-state index contributed by atoms with van der Waals surface area (Å²) in [6, 6.07) is 4.88. The molecule has 184 valence electrons. The summed E-state index contributed by atoms with van der Waals surface area (Å²) in [5.74, 6) is 0.411. The van der Waals surface area contributed by atoms with Crippen LogP contribution in [0.5, 0.6) is 0 Å². The van der Waals surface area contributed by atoms with Crippen LogP contribution in [0.3, 0.4) is 0 Å². The molecule has 0 fully saturated rings. The molecule has 2 aromatic rings. The number of carbonyl (C=O) groups excluding carboxylic acids is 2. The van der Waals surface area contributed by atoms with E-state index in [2.05, 4.69) is 26.9 Å². The molecule has 10 heteroatoms. The van der Waals surface area contributed by atoms with Crippen LogP contribution in [0.2, 0.25) is 5.02 Å². The lowest BCUT2D eigenvalue weighted by atomic mass is 9.84. The van der Waals surface area contributed by atoms with Crippen LogP contribution in [0, 0.1) is 6.92 Å². The van der Waals surface area contributed by atoms with Crippen molar-refractivity contribution in [2.24, 2.45) is 10.7 Å². The summed E-state index contributed by atoms with van der Waals surface area (Å²) in [7, 11) is 1.64. The first kappa shape index (κ1) is 26.6. The van der Waals surface area contributed by atoms with E-state index in [1.807, 2.05) is 31.4 Å². The van der Waals surface area contributed by atoms with Crippen molar-refractivity contribution < 1.29 is 9.59 Å². The number of nitrogens with two attached hydrogens (primary N) is 2. The van der Waals surface area contributed by atoms with E-state index in [1.165, 1.54) is 18.7 Å². The smallest absolute Gasteiger partial charge is 0.241 e. The summed E-state index contributed by atoms with van der Waals surface area (Å²) in [4.78, 5) is 38.6. The molecule has 8 nitrogen and oxygen atoms in total. The largest absolute Gasteiger partial charge is 0.383 e. The molecule has 35 heavy (non-hydrogen) atoms. The molecule has 1 unspecified atom stereocenters. The summed E-state index contributed by atoms with van der Waals surface area (Å²) >= 11 is 7.39. The molecule has 1 aliphatic heterocycles. The van der Waals surface area contributed by atoms with Gasteiger partial charge in [0.05, 0.1) is 11.6 Å². The number of halogens is 1. The van der Waals surface area contributed by atoms with Gasteiger partial charge >= 0.3 is 0 Å². The lowest BCUT2D eigenvalue weighted by Gasteiger charge is -2.24. The number of hydrogen-bond donors (Lipinski definition) is 3. The second-order valence-corrected chi connectivity index (χ2v) is 10.1. The Balaban J connectivity index is 1.96. The summed E-state index contributed by atoms with van der Waals surface area (Å²) in [5.41, 5.74) is 14.7. The standard InChI is InChI=1S/C25H29ClN6O2S/c1-12(9-18(27)14(3)33)11-35-15(4)25(5)19-21(28)30-23(31-22(19)32-24(25)34)20(29-6)17-8-7-16(26)10-13(17)2/h7-8,10-11,18H,4,9,27H2,1-3,5-6H3,(H3,28,30,31,32,34)/b12-11+,29-20+/t18?,25-/m0/s1. The van der Waals surface area contributed by atoms with Gasteiger partial charge in [0, 0.05) is 22.5 Å². The van der Waals surface area contributed by atoms with Gasteiger partial charge in [-0.25, -0.2) is 9.97 Å². The lowest BCUT2D eigenvalue weighted by molar-refractivity contribution is -0.119. The number of anilines is 2. The molecular weight excluding hydrogens is 484 g/mol. The number of benzene rings is 1. The van der Waals surface area contributed by atoms with Crippen molar-refractivity contribution in [2.45, 2.75) is 45.6 Å². The highest BCUT2D eigenvalue weighted by molar-refractivity contribution is 8.05. The summed E-state index contributed by atoms with van der Waals surface area (Å²) in [5, 5.41) is 5.29. The molecular formula is C25H29ClN6O2S. The average molecular weight is 513 g/mol. The Bertz CT molecular complexity index is 1290. The number of amides is 1. The zero-order valence-electron chi connectivity index (χ0n) is 20.4. The summed E-state index contributed by atoms with van der Waals surface area (Å²) in [6.45, 7) is 11.1. The molecule has 0 bridgehead atoms. The molecule has 0 aliphatic carbocycles. The molecule has 2 heterocycles. The second-order valence-electron chi connectivity index (χ2n) is 8.69. The van der Waals surface area contributed by atoms with Crippen molar-refractivity contribution in [3.05, 3.63) is 68.2 Å². The van der Waals surface area contributed by atoms with Crippen LogP contribution in [0.25, 0.3) is 0 Å². The number of fused-ring (bicyclic) bond motifs is 1. The van der Waals surface area contributed by atoms with Gasteiger partial charge in [0.2, 0.25) is 5.91 Å². The molecule has 1 aromatic carbocycles. The fraction of sp³-hybridized carbons (Fsp3) is 0.320. The molecule has 2 atom stereocenters. The average Bonchev–Trinajstić information content (AvgIpc) is 3.05. The van der Waals surface area contributed by atoms with Crippen LogP contribution in [0.4, 0.5) is 11.6 Å². The number of thioether (sulfide) groups is 1. The van der Waals surface area contributed by atoms with Gasteiger partial charge in [-0.3, -0.25) is 14.6 Å². The van der Waals surface area contributed by atoms with E-state index < -0.39 is 11.5 Å². The van der Waals surface area contributed by atoms with Gasteiger partial charge in [0.15, 0.2) is 5.82 Å². The molecule has 0 spiro atoms. The van der Waals surface area contributed by atoms with Crippen molar-refractivity contribution in [2.75, 3.05) is 18.1 Å². The van der Waals surface area contributed by atoms with E-state index in [1.54, 1.807) is 20.0 Å². The maximum absolute atomic E-state index is 13.1. The van der Waals surface area contributed by atoms with E-state index in [9.17, 15) is 9.59 Å². The first-order valence-electron chi connectivity index (χ1n) is 10.9. The Morgan fingerprint density at radius 1 is 1.37 bits per heavy atom. The second kappa shape index (κ2) is 10.3. The number of aromatic nitrogens is 2. The van der Waals surface area contributed by atoms with Crippen LogP contribution in [0.1, 0.15) is 49.7 Å². The zero-order valence-corrected chi connectivity index (χ0v) is 22.0. The Morgan fingerprint density at radius 2 is 2.06 bits per heavy atom.